The molecule has 1 aromatic heterocycles. The summed E-state index contributed by atoms with van der Waals surface area (Å²) in [6.07, 6.45) is 0.720. The lowest BCUT2D eigenvalue weighted by Gasteiger charge is -2.28. The van der Waals surface area contributed by atoms with Crippen LogP contribution in [0.15, 0.2) is 35.7 Å². The van der Waals surface area contributed by atoms with Crippen molar-refractivity contribution < 1.29 is 9.59 Å². The summed E-state index contributed by atoms with van der Waals surface area (Å²) >= 11 is 7.49. The second-order valence-electron chi connectivity index (χ2n) is 4.64. The topological polar surface area (TPSA) is 37.4 Å². The molecule has 0 atom stereocenters. The molecule has 0 bridgehead atoms. The summed E-state index contributed by atoms with van der Waals surface area (Å²) in [7, 11) is 0. The predicted molar refractivity (Wildman–Crippen MR) is 80.8 cm³/mol. The number of Topliss-reactive ketones (excluding diaryl/α,β-unsaturated/α-hetero) is 1. The molecule has 0 unspecified atom stereocenters. The quantitative estimate of drug-likeness (QED) is 0.850. The van der Waals surface area contributed by atoms with Crippen LogP contribution in [0.3, 0.4) is 0 Å². The van der Waals surface area contributed by atoms with Gasteiger partial charge in [-0.25, -0.2) is 0 Å². The number of carbonyl (C=O) groups excluding carboxylic acids is 2. The van der Waals surface area contributed by atoms with Gasteiger partial charge in [0.2, 0.25) is 5.91 Å². The monoisotopic (exact) mass is 305 g/mol. The Bertz CT molecular complexity index is 667. The fraction of sp³-hybridized carbons (Fsp3) is 0.200. The van der Waals surface area contributed by atoms with E-state index in [-0.39, 0.29) is 11.7 Å². The standard InChI is InChI=1S/C15H12ClNO2S/c16-10-3-4-13-12(8-10)14(18)5-6-17(13)15(19)9-11-2-1-7-20-11/h1-4,7-8H,5-6,9H2. The smallest absolute Gasteiger partial charge is 0.232 e. The molecule has 0 radical (unpaired) electrons. The lowest BCUT2D eigenvalue weighted by Crippen LogP contribution is -2.38. The summed E-state index contributed by atoms with van der Waals surface area (Å²) in [5, 5.41) is 2.47. The summed E-state index contributed by atoms with van der Waals surface area (Å²) in [6.45, 7) is 0.442. The minimum Gasteiger partial charge on any atom is -0.311 e. The first-order valence-corrected chi connectivity index (χ1v) is 7.56. The number of rotatable bonds is 2. The minimum absolute atomic E-state index is 0.0172. The second kappa shape index (κ2) is 5.38. The van der Waals surface area contributed by atoms with Crippen molar-refractivity contribution in [2.24, 2.45) is 0 Å². The number of amides is 1. The molecule has 1 aliphatic rings. The Balaban J connectivity index is 1.90. The first kappa shape index (κ1) is 13.3. The van der Waals surface area contributed by atoms with E-state index >= 15 is 0 Å². The molecule has 0 spiro atoms. The Kier molecular flexibility index (Phi) is 3.59. The van der Waals surface area contributed by atoms with Crippen LogP contribution < -0.4 is 4.90 Å². The number of hydrogen-bond acceptors (Lipinski definition) is 3. The molecular formula is C15H12ClNO2S. The van der Waals surface area contributed by atoms with Gasteiger partial charge in [0.25, 0.3) is 0 Å². The molecule has 3 nitrogen and oxygen atoms in total. The fourth-order valence-electron chi connectivity index (χ4n) is 2.35. The maximum Gasteiger partial charge on any atom is 0.232 e. The number of halogens is 1. The normalized spacial score (nSPS) is 14.2. The van der Waals surface area contributed by atoms with Gasteiger partial charge in [-0.3, -0.25) is 9.59 Å². The van der Waals surface area contributed by atoms with Crippen LogP contribution in [0.5, 0.6) is 0 Å². The highest BCUT2D eigenvalue weighted by atomic mass is 35.5. The number of hydrogen-bond donors (Lipinski definition) is 0. The molecule has 2 aromatic rings. The molecule has 0 saturated heterocycles. The van der Waals surface area contributed by atoms with E-state index in [2.05, 4.69) is 0 Å². The van der Waals surface area contributed by atoms with Crippen LogP contribution in [-0.2, 0) is 11.2 Å². The molecule has 1 aromatic carbocycles. The zero-order valence-corrected chi connectivity index (χ0v) is 12.2. The SMILES string of the molecule is O=C1CCN(C(=O)Cc2cccs2)c2ccc(Cl)cc21. The van der Waals surface area contributed by atoms with Crippen molar-refractivity contribution in [1.82, 2.24) is 0 Å². The highest BCUT2D eigenvalue weighted by Gasteiger charge is 2.27. The zero-order chi connectivity index (χ0) is 14.1. The molecule has 0 N–H and O–H groups in total. The number of benzene rings is 1. The van der Waals surface area contributed by atoms with Crippen LogP contribution in [0.1, 0.15) is 21.7 Å². The first-order valence-electron chi connectivity index (χ1n) is 6.30. The van der Waals surface area contributed by atoms with Crippen LogP contribution in [0.25, 0.3) is 0 Å². The number of anilines is 1. The van der Waals surface area contributed by atoms with Gasteiger partial charge < -0.3 is 4.90 Å². The number of carbonyl (C=O) groups is 2. The van der Waals surface area contributed by atoms with Crippen LogP contribution >= 0.6 is 22.9 Å². The molecule has 20 heavy (non-hydrogen) atoms. The van der Waals surface area contributed by atoms with E-state index in [0.29, 0.717) is 35.7 Å². The Morgan fingerprint density at radius 2 is 2.20 bits per heavy atom. The van der Waals surface area contributed by atoms with Crippen LogP contribution in [0.4, 0.5) is 5.69 Å². The van der Waals surface area contributed by atoms with Crippen molar-refractivity contribution >= 4 is 40.3 Å². The van der Waals surface area contributed by atoms with E-state index in [1.54, 1.807) is 34.4 Å². The van der Waals surface area contributed by atoms with Gasteiger partial charge in [-0.2, -0.15) is 0 Å². The lowest BCUT2D eigenvalue weighted by atomic mass is 10.00. The van der Waals surface area contributed by atoms with E-state index in [9.17, 15) is 9.59 Å². The molecular weight excluding hydrogens is 294 g/mol. The molecule has 0 aliphatic carbocycles. The average molecular weight is 306 g/mol. The third kappa shape index (κ3) is 2.49. The second-order valence-corrected chi connectivity index (χ2v) is 6.10. The highest BCUT2D eigenvalue weighted by Crippen LogP contribution is 2.30. The van der Waals surface area contributed by atoms with E-state index < -0.39 is 0 Å². The predicted octanol–water partition coefficient (Wildman–Crippen LogP) is 3.56. The summed E-state index contributed by atoms with van der Waals surface area (Å²) in [5.74, 6) is 0.0613. The van der Waals surface area contributed by atoms with Gasteiger partial charge in [0.1, 0.15) is 0 Å². The van der Waals surface area contributed by atoms with Crippen molar-refractivity contribution in [2.45, 2.75) is 12.8 Å². The van der Waals surface area contributed by atoms with Gasteiger partial charge >= 0.3 is 0 Å². The average Bonchev–Trinajstić information content (AvgIpc) is 2.92. The number of ketones is 1. The highest BCUT2D eigenvalue weighted by molar-refractivity contribution is 7.10. The third-order valence-electron chi connectivity index (χ3n) is 3.32. The van der Waals surface area contributed by atoms with Crippen LogP contribution in [0.2, 0.25) is 5.02 Å². The Hall–Kier alpha value is -1.65. The van der Waals surface area contributed by atoms with E-state index in [1.807, 2.05) is 17.5 Å². The van der Waals surface area contributed by atoms with Gasteiger partial charge in [-0.15, -0.1) is 11.3 Å². The lowest BCUT2D eigenvalue weighted by molar-refractivity contribution is -0.117. The Labute approximate surface area is 125 Å². The number of nitrogens with zero attached hydrogens (tertiary/aromatic N) is 1. The fourth-order valence-corrected chi connectivity index (χ4v) is 3.22. The molecule has 0 fully saturated rings. The third-order valence-corrected chi connectivity index (χ3v) is 4.43. The van der Waals surface area contributed by atoms with Crippen molar-refractivity contribution in [2.75, 3.05) is 11.4 Å². The Morgan fingerprint density at radius 1 is 1.35 bits per heavy atom. The summed E-state index contributed by atoms with van der Waals surface area (Å²) < 4.78 is 0. The first-order chi connectivity index (χ1) is 9.65. The molecule has 102 valence electrons. The number of fused-ring (bicyclic) bond motifs is 1. The van der Waals surface area contributed by atoms with Gasteiger partial charge in [0.15, 0.2) is 5.78 Å². The Morgan fingerprint density at radius 3 is 2.95 bits per heavy atom. The summed E-state index contributed by atoms with van der Waals surface area (Å²) in [6, 6.07) is 8.98. The van der Waals surface area contributed by atoms with Gasteiger partial charge in [-0.1, -0.05) is 17.7 Å². The molecule has 3 rings (SSSR count). The number of thiophene rings is 1. The molecule has 0 saturated carbocycles. The summed E-state index contributed by atoms with van der Waals surface area (Å²) in [5.41, 5.74) is 1.22. The van der Waals surface area contributed by atoms with Crippen LogP contribution in [-0.4, -0.2) is 18.2 Å². The zero-order valence-electron chi connectivity index (χ0n) is 10.6. The molecule has 1 amide bonds. The van der Waals surface area contributed by atoms with E-state index in [1.165, 1.54) is 0 Å². The van der Waals surface area contributed by atoms with E-state index in [0.717, 1.165) is 4.88 Å². The maximum absolute atomic E-state index is 12.4. The molecule has 5 heteroatoms. The van der Waals surface area contributed by atoms with Crippen molar-refractivity contribution in [3.63, 3.8) is 0 Å². The maximum atomic E-state index is 12.4. The molecule has 1 aliphatic heterocycles. The molecule has 2 heterocycles. The van der Waals surface area contributed by atoms with Gasteiger partial charge in [0, 0.05) is 28.4 Å². The minimum atomic E-state index is 0.0172. The van der Waals surface area contributed by atoms with Crippen molar-refractivity contribution in [1.29, 1.82) is 0 Å². The van der Waals surface area contributed by atoms with Crippen LogP contribution in [0, 0.1) is 0 Å². The van der Waals surface area contributed by atoms with E-state index in [4.69, 9.17) is 11.6 Å². The largest absolute Gasteiger partial charge is 0.311 e. The van der Waals surface area contributed by atoms with Gasteiger partial charge in [-0.05, 0) is 29.6 Å². The van der Waals surface area contributed by atoms with Gasteiger partial charge in [0.05, 0.1) is 12.1 Å². The summed E-state index contributed by atoms with van der Waals surface area (Å²) in [4.78, 5) is 27.1. The van der Waals surface area contributed by atoms with Crippen molar-refractivity contribution in [3.8, 4) is 0 Å². The van der Waals surface area contributed by atoms with Crippen molar-refractivity contribution in [3.05, 3.63) is 51.2 Å².